The number of carbonyl (C=O) groups excluding carboxylic acids is 2. The summed E-state index contributed by atoms with van der Waals surface area (Å²) in [4.78, 5) is 31.2. The maximum atomic E-state index is 15.7. The molecule has 0 saturated heterocycles. The Morgan fingerprint density at radius 1 is 0.979 bits per heavy atom. The topological polar surface area (TPSA) is 89.4 Å². The lowest BCUT2D eigenvalue weighted by Gasteiger charge is -2.40. The maximum Gasteiger partial charge on any atom is 0.407 e. The van der Waals surface area contributed by atoms with Gasteiger partial charge >= 0.3 is 11.5 Å². The van der Waals surface area contributed by atoms with Crippen LogP contribution in [-0.4, -0.2) is 50.4 Å². The first-order valence-corrected chi connectivity index (χ1v) is 15.8. The average Bonchev–Trinajstić information content (AvgIpc) is 3.43. The van der Waals surface area contributed by atoms with E-state index in [4.69, 9.17) is 16.3 Å². The van der Waals surface area contributed by atoms with Gasteiger partial charge in [0.05, 0.1) is 24.7 Å². The van der Waals surface area contributed by atoms with E-state index in [1.165, 1.54) is 27.8 Å². The minimum absolute atomic E-state index is 0.0143. The number of nitrogens with one attached hydrogen (secondary N) is 1. The summed E-state index contributed by atoms with van der Waals surface area (Å²) in [6, 6.07) is 16.7. The molecule has 1 N–H and O–H groups in total. The van der Waals surface area contributed by atoms with E-state index in [0.29, 0.717) is 5.56 Å². The fourth-order valence-corrected chi connectivity index (χ4v) is 5.58. The van der Waals surface area contributed by atoms with Gasteiger partial charge in [0.15, 0.2) is 11.6 Å². The number of hydrogen-bond acceptors (Lipinski definition) is 5. The van der Waals surface area contributed by atoms with Crippen molar-refractivity contribution in [3.63, 3.8) is 0 Å². The van der Waals surface area contributed by atoms with Crippen molar-refractivity contribution in [2.75, 3.05) is 13.1 Å². The SMILES string of the molecule is CC[C@@H](CN(C(=O)Cl)[C@@H](c1nc(-c2cc(F)ccc2F)nn1Cc1cccc(F)c1)C(C)(C)C)[C@@H](F)CNC(=O)OCc1ccccc1. The van der Waals surface area contributed by atoms with Crippen molar-refractivity contribution in [2.45, 2.75) is 59.5 Å². The standard InChI is InChI=1S/C35H38ClF4N5O3/c1-5-24(29(40)18-41-34(47)48-21-22-10-7-6-8-11-22)20-44(33(36)46)30(35(2,3)4)32-42-31(27-17-26(38)14-15-28(27)39)43-45(32)19-23-12-9-13-25(37)16-23/h6-17,24,29-30H,5,18-21H2,1-4H3,(H,41,47)/t24-,29-,30-/m0/s1. The number of carbonyl (C=O) groups is 2. The first kappa shape index (κ1) is 36.4. The summed E-state index contributed by atoms with van der Waals surface area (Å²) in [6.45, 7) is 6.59. The second-order valence-electron chi connectivity index (χ2n) is 12.5. The zero-order chi connectivity index (χ0) is 35.0. The van der Waals surface area contributed by atoms with Crippen LogP contribution < -0.4 is 5.32 Å². The number of hydrogen-bond donors (Lipinski definition) is 1. The number of rotatable bonds is 13. The van der Waals surface area contributed by atoms with Gasteiger partial charge in [0, 0.05) is 12.5 Å². The second kappa shape index (κ2) is 16.1. The molecule has 0 saturated carbocycles. The van der Waals surface area contributed by atoms with Gasteiger partial charge in [0.25, 0.3) is 0 Å². The molecule has 0 aliphatic rings. The molecule has 0 spiro atoms. The van der Waals surface area contributed by atoms with Crippen LogP contribution in [-0.2, 0) is 17.9 Å². The van der Waals surface area contributed by atoms with Gasteiger partial charge in [-0.2, -0.15) is 5.10 Å². The van der Waals surface area contributed by atoms with E-state index in [-0.39, 0.29) is 49.9 Å². The molecule has 4 aromatic rings. The second-order valence-corrected chi connectivity index (χ2v) is 12.8. The summed E-state index contributed by atoms with van der Waals surface area (Å²) in [7, 11) is 0. The van der Waals surface area contributed by atoms with Crippen LogP contribution in [0.25, 0.3) is 11.4 Å². The van der Waals surface area contributed by atoms with Crippen LogP contribution in [0.1, 0.15) is 57.1 Å². The highest BCUT2D eigenvalue weighted by Crippen LogP contribution is 2.40. The van der Waals surface area contributed by atoms with Crippen molar-refractivity contribution in [1.82, 2.24) is 25.0 Å². The predicted octanol–water partition coefficient (Wildman–Crippen LogP) is 8.45. The molecule has 0 unspecified atom stereocenters. The van der Waals surface area contributed by atoms with Crippen molar-refractivity contribution in [3.05, 3.63) is 107 Å². The van der Waals surface area contributed by atoms with Gasteiger partial charge in [-0.1, -0.05) is 70.2 Å². The third kappa shape index (κ3) is 9.56. The molecule has 2 amide bonds. The van der Waals surface area contributed by atoms with E-state index < -0.39 is 52.5 Å². The Labute approximate surface area is 282 Å². The molecule has 256 valence electrons. The number of ether oxygens (including phenoxy) is 1. The van der Waals surface area contributed by atoms with Crippen molar-refractivity contribution in [2.24, 2.45) is 11.3 Å². The average molecular weight is 688 g/mol. The van der Waals surface area contributed by atoms with Crippen molar-refractivity contribution < 1.29 is 31.9 Å². The molecule has 4 rings (SSSR count). The molecule has 0 fully saturated rings. The lowest BCUT2D eigenvalue weighted by Crippen LogP contribution is -2.45. The number of aromatic nitrogens is 3. The van der Waals surface area contributed by atoms with E-state index in [1.54, 1.807) is 37.3 Å². The molecule has 0 aliphatic carbocycles. The Bertz CT molecular complexity index is 1700. The number of alkyl halides is 1. The monoisotopic (exact) mass is 687 g/mol. The molecular formula is C35H38ClF4N5O3. The molecule has 3 aromatic carbocycles. The van der Waals surface area contributed by atoms with Gasteiger partial charge < -0.3 is 15.0 Å². The highest BCUT2D eigenvalue weighted by Gasteiger charge is 2.40. The highest BCUT2D eigenvalue weighted by atomic mass is 35.5. The van der Waals surface area contributed by atoms with Crippen LogP contribution in [0.4, 0.5) is 27.2 Å². The summed E-state index contributed by atoms with van der Waals surface area (Å²) in [5, 5.41) is 6.00. The van der Waals surface area contributed by atoms with E-state index >= 15 is 4.39 Å². The van der Waals surface area contributed by atoms with Gasteiger partial charge in [-0.05, 0) is 64.9 Å². The molecule has 0 bridgehead atoms. The number of amides is 2. The predicted molar refractivity (Wildman–Crippen MR) is 174 cm³/mol. The molecule has 8 nitrogen and oxygen atoms in total. The third-order valence-corrected chi connectivity index (χ3v) is 8.03. The van der Waals surface area contributed by atoms with E-state index in [2.05, 4.69) is 15.4 Å². The van der Waals surface area contributed by atoms with Crippen molar-refractivity contribution in [1.29, 1.82) is 0 Å². The zero-order valence-electron chi connectivity index (χ0n) is 27.1. The maximum absolute atomic E-state index is 15.7. The van der Waals surface area contributed by atoms with Crippen molar-refractivity contribution in [3.8, 4) is 11.4 Å². The fraction of sp³-hybridized carbons (Fsp3) is 0.371. The van der Waals surface area contributed by atoms with Crippen LogP contribution >= 0.6 is 11.6 Å². The smallest absolute Gasteiger partial charge is 0.407 e. The Balaban J connectivity index is 1.64. The number of nitrogens with zero attached hydrogens (tertiary/aromatic N) is 4. The number of benzene rings is 3. The minimum Gasteiger partial charge on any atom is -0.445 e. The van der Waals surface area contributed by atoms with Gasteiger partial charge in [-0.15, -0.1) is 0 Å². The molecule has 1 heterocycles. The van der Waals surface area contributed by atoms with Crippen LogP contribution in [0.3, 0.4) is 0 Å². The summed E-state index contributed by atoms with van der Waals surface area (Å²) < 4.78 is 65.5. The third-order valence-electron chi connectivity index (χ3n) is 7.81. The Morgan fingerprint density at radius 2 is 1.67 bits per heavy atom. The molecule has 3 atom stereocenters. The van der Waals surface area contributed by atoms with Crippen LogP contribution in [0.2, 0.25) is 0 Å². The van der Waals surface area contributed by atoms with E-state index in [1.807, 2.05) is 26.8 Å². The van der Waals surface area contributed by atoms with Crippen LogP contribution in [0.15, 0.2) is 72.8 Å². The highest BCUT2D eigenvalue weighted by molar-refractivity contribution is 6.62. The number of alkyl carbamates (subject to hydrolysis) is 1. The lowest BCUT2D eigenvalue weighted by molar-refractivity contribution is 0.0855. The first-order chi connectivity index (χ1) is 22.8. The summed E-state index contributed by atoms with van der Waals surface area (Å²) >= 11 is 6.19. The van der Waals surface area contributed by atoms with E-state index in [9.17, 15) is 22.8 Å². The Morgan fingerprint density at radius 3 is 2.31 bits per heavy atom. The zero-order valence-corrected chi connectivity index (χ0v) is 27.9. The fourth-order valence-electron chi connectivity index (χ4n) is 5.41. The minimum atomic E-state index is -1.60. The van der Waals surface area contributed by atoms with Gasteiger partial charge in [-0.25, -0.2) is 32.0 Å². The van der Waals surface area contributed by atoms with Gasteiger partial charge in [0.2, 0.25) is 0 Å². The first-order valence-electron chi connectivity index (χ1n) is 15.5. The van der Waals surface area contributed by atoms with Crippen LogP contribution in [0.5, 0.6) is 0 Å². The molecule has 13 heteroatoms. The molecule has 0 aliphatic heterocycles. The summed E-state index contributed by atoms with van der Waals surface area (Å²) in [5.74, 6) is -2.78. The number of halogens is 5. The van der Waals surface area contributed by atoms with Crippen molar-refractivity contribution >= 4 is 23.1 Å². The van der Waals surface area contributed by atoms with E-state index in [0.717, 1.165) is 23.8 Å². The van der Waals surface area contributed by atoms with Gasteiger partial charge in [-0.3, -0.25) is 4.79 Å². The molecular weight excluding hydrogens is 650 g/mol. The Hall–Kier alpha value is -4.45. The lowest BCUT2D eigenvalue weighted by atomic mass is 9.84. The normalized spacial score (nSPS) is 13.4. The Kier molecular flexibility index (Phi) is 12.2. The quantitative estimate of drug-likeness (QED) is 0.0866. The summed E-state index contributed by atoms with van der Waals surface area (Å²) in [6.07, 6.45) is -2.12. The molecule has 0 radical (unpaired) electrons. The molecule has 48 heavy (non-hydrogen) atoms. The van der Waals surface area contributed by atoms with Crippen LogP contribution in [0, 0.1) is 28.8 Å². The van der Waals surface area contributed by atoms with Gasteiger partial charge in [0.1, 0.15) is 30.2 Å². The molecule has 1 aromatic heterocycles. The summed E-state index contributed by atoms with van der Waals surface area (Å²) in [5.41, 5.74) is 0.239. The largest absolute Gasteiger partial charge is 0.445 e.